The summed E-state index contributed by atoms with van der Waals surface area (Å²) in [6.07, 6.45) is 2.98. The Balaban J connectivity index is 2.69. The van der Waals surface area contributed by atoms with Gasteiger partial charge in [-0.2, -0.15) is 10.8 Å². The second-order valence-corrected chi connectivity index (χ2v) is 1.79. The van der Waals surface area contributed by atoms with Crippen LogP contribution < -0.4 is 11.4 Å². The van der Waals surface area contributed by atoms with Gasteiger partial charge in [0, 0.05) is 12.4 Å². The second-order valence-electron chi connectivity index (χ2n) is 1.79. The number of rotatable bonds is 2. The van der Waals surface area contributed by atoms with E-state index in [4.69, 9.17) is 0 Å². The van der Waals surface area contributed by atoms with Gasteiger partial charge in [0.25, 0.3) is 5.91 Å². The SMILES string of the molecule is NONC(=O)c1cccnc1. The Bertz CT molecular complexity index is 237. The third-order valence-electron chi connectivity index (χ3n) is 1.08. The molecule has 0 aliphatic heterocycles. The highest BCUT2D eigenvalue weighted by atomic mass is 16.8. The van der Waals surface area contributed by atoms with E-state index in [9.17, 15) is 4.79 Å². The fourth-order valence-corrected chi connectivity index (χ4v) is 0.610. The third-order valence-corrected chi connectivity index (χ3v) is 1.08. The zero-order chi connectivity index (χ0) is 8.10. The molecule has 1 aromatic heterocycles. The summed E-state index contributed by atoms with van der Waals surface area (Å²) in [5.74, 6) is 4.20. The van der Waals surface area contributed by atoms with Crippen molar-refractivity contribution in [2.75, 3.05) is 0 Å². The predicted octanol–water partition coefficient (Wildman–Crippen LogP) is -0.383. The fourth-order valence-electron chi connectivity index (χ4n) is 0.610. The largest absolute Gasteiger partial charge is 0.277 e. The number of nitrogens with one attached hydrogen (secondary N) is 1. The molecule has 1 heterocycles. The van der Waals surface area contributed by atoms with Gasteiger partial charge >= 0.3 is 0 Å². The second kappa shape index (κ2) is 3.65. The normalized spacial score (nSPS) is 9.18. The van der Waals surface area contributed by atoms with E-state index in [1.165, 1.54) is 6.20 Å². The van der Waals surface area contributed by atoms with Crippen LogP contribution in [0.25, 0.3) is 0 Å². The number of aromatic nitrogens is 1. The Labute approximate surface area is 63.1 Å². The standard InChI is InChI=1S/C6H7N3O2/c7-11-9-6(10)5-2-1-3-8-4-5/h1-4H,7H2,(H,9,10). The van der Waals surface area contributed by atoms with Gasteiger partial charge < -0.3 is 0 Å². The van der Waals surface area contributed by atoms with E-state index in [1.807, 2.05) is 5.48 Å². The molecular weight excluding hydrogens is 146 g/mol. The number of hydroxylamine groups is 1. The van der Waals surface area contributed by atoms with Crippen molar-refractivity contribution in [2.24, 2.45) is 5.90 Å². The lowest BCUT2D eigenvalue weighted by molar-refractivity contribution is 0.0310. The van der Waals surface area contributed by atoms with E-state index >= 15 is 0 Å². The minimum Gasteiger partial charge on any atom is -0.267 e. The van der Waals surface area contributed by atoms with Gasteiger partial charge in [0.2, 0.25) is 0 Å². The molecule has 0 unspecified atom stereocenters. The summed E-state index contributed by atoms with van der Waals surface area (Å²) in [6.45, 7) is 0. The van der Waals surface area contributed by atoms with Crippen molar-refractivity contribution >= 4 is 5.91 Å². The first-order chi connectivity index (χ1) is 5.34. The molecule has 1 aromatic rings. The summed E-state index contributed by atoms with van der Waals surface area (Å²) >= 11 is 0. The van der Waals surface area contributed by atoms with Crippen molar-refractivity contribution < 1.29 is 9.73 Å². The molecule has 1 amide bonds. The van der Waals surface area contributed by atoms with Crippen LogP contribution in [0.4, 0.5) is 0 Å². The molecular formula is C6H7N3O2. The van der Waals surface area contributed by atoms with Gasteiger partial charge in [-0.1, -0.05) is 0 Å². The smallest absolute Gasteiger partial charge is 0.267 e. The lowest BCUT2D eigenvalue weighted by Gasteiger charge is -1.98. The Hall–Kier alpha value is -1.46. The van der Waals surface area contributed by atoms with Gasteiger partial charge in [-0.25, -0.2) is 5.48 Å². The Morgan fingerprint density at radius 2 is 2.55 bits per heavy atom. The maximum atomic E-state index is 10.9. The lowest BCUT2D eigenvalue weighted by atomic mass is 10.3. The van der Waals surface area contributed by atoms with Gasteiger partial charge in [0.05, 0.1) is 5.56 Å². The third kappa shape index (κ3) is 1.99. The Morgan fingerprint density at radius 3 is 3.09 bits per heavy atom. The van der Waals surface area contributed by atoms with Gasteiger partial charge in [0.15, 0.2) is 0 Å². The molecule has 0 aliphatic rings. The van der Waals surface area contributed by atoms with Gasteiger partial charge in [0.1, 0.15) is 0 Å². The summed E-state index contributed by atoms with van der Waals surface area (Å²) in [5.41, 5.74) is 2.36. The molecule has 0 aliphatic carbocycles. The number of nitrogens with zero attached hydrogens (tertiary/aromatic N) is 1. The molecule has 0 bridgehead atoms. The lowest BCUT2D eigenvalue weighted by Crippen LogP contribution is -2.26. The summed E-state index contributed by atoms with van der Waals surface area (Å²) in [5, 5.41) is 0. The van der Waals surface area contributed by atoms with Crippen molar-refractivity contribution in [3.05, 3.63) is 30.1 Å². The van der Waals surface area contributed by atoms with Crippen LogP contribution >= 0.6 is 0 Å². The highest BCUT2D eigenvalue weighted by molar-refractivity contribution is 5.92. The topological polar surface area (TPSA) is 77.2 Å². The molecule has 0 atom stereocenters. The molecule has 0 fully saturated rings. The van der Waals surface area contributed by atoms with E-state index in [0.29, 0.717) is 5.56 Å². The molecule has 3 N–H and O–H groups in total. The number of amides is 1. The number of nitrogens with two attached hydrogens (primary N) is 1. The summed E-state index contributed by atoms with van der Waals surface area (Å²) in [4.78, 5) is 18.6. The van der Waals surface area contributed by atoms with E-state index < -0.39 is 5.91 Å². The van der Waals surface area contributed by atoms with Crippen molar-refractivity contribution in [2.45, 2.75) is 0 Å². The van der Waals surface area contributed by atoms with E-state index in [2.05, 4.69) is 15.8 Å². The summed E-state index contributed by atoms with van der Waals surface area (Å²) in [6, 6.07) is 3.24. The van der Waals surface area contributed by atoms with Gasteiger partial charge in [-0.05, 0) is 12.1 Å². The van der Waals surface area contributed by atoms with Crippen molar-refractivity contribution in [3.63, 3.8) is 0 Å². The Kier molecular flexibility index (Phi) is 2.53. The van der Waals surface area contributed by atoms with E-state index in [-0.39, 0.29) is 0 Å². The molecule has 11 heavy (non-hydrogen) atoms. The van der Waals surface area contributed by atoms with Crippen LogP contribution in [-0.4, -0.2) is 10.9 Å². The maximum absolute atomic E-state index is 10.9. The molecule has 1 rings (SSSR count). The molecule has 5 heteroatoms. The summed E-state index contributed by atoms with van der Waals surface area (Å²) < 4.78 is 0. The number of hydrogen-bond acceptors (Lipinski definition) is 4. The van der Waals surface area contributed by atoms with Crippen molar-refractivity contribution in [1.29, 1.82) is 0 Å². The van der Waals surface area contributed by atoms with Crippen molar-refractivity contribution in [1.82, 2.24) is 10.5 Å². The van der Waals surface area contributed by atoms with Crippen LogP contribution in [0.1, 0.15) is 10.4 Å². The molecule has 0 radical (unpaired) electrons. The van der Waals surface area contributed by atoms with E-state index in [1.54, 1.807) is 18.3 Å². The molecule has 0 saturated heterocycles. The first kappa shape index (κ1) is 7.64. The first-order valence-electron chi connectivity index (χ1n) is 2.90. The van der Waals surface area contributed by atoms with Crippen LogP contribution in [0, 0.1) is 0 Å². The van der Waals surface area contributed by atoms with Crippen LogP contribution in [0.5, 0.6) is 0 Å². The number of carbonyl (C=O) groups is 1. The minimum absolute atomic E-state index is 0.401. The van der Waals surface area contributed by atoms with Crippen molar-refractivity contribution in [3.8, 4) is 0 Å². The highest BCUT2D eigenvalue weighted by Gasteiger charge is 2.02. The monoisotopic (exact) mass is 153 g/mol. The molecule has 5 nitrogen and oxygen atoms in total. The number of carbonyl (C=O) groups excluding carboxylic acids is 1. The van der Waals surface area contributed by atoms with Crippen LogP contribution in [0.15, 0.2) is 24.5 Å². The molecule has 0 spiro atoms. The quantitative estimate of drug-likeness (QED) is 0.567. The number of hydrogen-bond donors (Lipinski definition) is 2. The van der Waals surface area contributed by atoms with Gasteiger partial charge in [-0.15, -0.1) is 0 Å². The molecule has 58 valence electrons. The molecule has 0 saturated carbocycles. The highest BCUT2D eigenvalue weighted by Crippen LogP contribution is 1.93. The van der Waals surface area contributed by atoms with Gasteiger partial charge in [-0.3, -0.25) is 9.78 Å². The first-order valence-corrected chi connectivity index (χ1v) is 2.90. The maximum Gasteiger partial charge on any atom is 0.277 e. The van der Waals surface area contributed by atoms with E-state index in [0.717, 1.165) is 0 Å². The minimum atomic E-state index is -0.416. The van der Waals surface area contributed by atoms with Crippen LogP contribution in [0.2, 0.25) is 0 Å². The fraction of sp³-hybridized carbons (Fsp3) is 0. The average molecular weight is 153 g/mol. The van der Waals surface area contributed by atoms with Crippen LogP contribution in [-0.2, 0) is 4.94 Å². The Morgan fingerprint density at radius 1 is 1.73 bits per heavy atom. The zero-order valence-electron chi connectivity index (χ0n) is 5.65. The zero-order valence-corrected chi connectivity index (χ0v) is 5.65. The molecule has 0 aromatic carbocycles. The number of pyridine rings is 1. The van der Waals surface area contributed by atoms with Crippen LogP contribution in [0.3, 0.4) is 0 Å². The average Bonchev–Trinajstić information content (AvgIpc) is 2.07. The summed E-state index contributed by atoms with van der Waals surface area (Å²) in [7, 11) is 0. The predicted molar refractivity (Wildman–Crippen MR) is 37.0 cm³/mol.